The van der Waals surface area contributed by atoms with E-state index in [-0.39, 0.29) is 5.15 Å². The number of hydrogen-bond acceptors (Lipinski definition) is 2. The van der Waals surface area contributed by atoms with Gasteiger partial charge in [-0.05, 0) is 6.07 Å². The first-order valence-electron chi connectivity index (χ1n) is 1.93. The second-order valence-electron chi connectivity index (χ2n) is 1.17. The second-order valence-corrected chi connectivity index (χ2v) is 1.94. The predicted molar refractivity (Wildman–Crippen MR) is 32.1 cm³/mol. The Balaban J connectivity index is 3.13. The van der Waals surface area contributed by atoms with Gasteiger partial charge in [0.1, 0.15) is 0 Å². The molecule has 0 aliphatic heterocycles. The highest BCUT2D eigenvalue weighted by atomic mass is 35.5. The summed E-state index contributed by atoms with van der Waals surface area (Å²) in [5, 5.41) is 7.62. The highest BCUT2D eigenvalue weighted by Crippen LogP contribution is 2.15. The molecule has 0 N–H and O–H groups in total. The summed E-state index contributed by atoms with van der Waals surface area (Å²) in [6.45, 7) is 0. The molecule has 0 aromatic carbocycles. The Morgan fingerprint density at radius 3 is 2.50 bits per heavy atom. The highest BCUT2D eigenvalue weighted by molar-refractivity contribution is 6.41. The van der Waals surface area contributed by atoms with Gasteiger partial charge in [-0.2, -0.15) is 5.10 Å². The van der Waals surface area contributed by atoms with Crippen LogP contribution in [0.25, 0.3) is 0 Å². The molecule has 0 bridgehead atoms. The van der Waals surface area contributed by atoms with E-state index in [9.17, 15) is 0 Å². The van der Waals surface area contributed by atoms with Crippen molar-refractivity contribution in [2.45, 2.75) is 0 Å². The van der Waals surface area contributed by atoms with Gasteiger partial charge in [0.05, 0.1) is 11.2 Å². The van der Waals surface area contributed by atoms with Crippen molar-refractivity contribution in [1.82, 2.24) is 10.2 Å². The summed E-state index contributed by atoms with van der Waals surface area (Å²) < 4.78 is 0. The van der Waals surface area contributed by atoms with Gasteiger partial charge in [-0.25, -0.2) is 0 Å². The molecule has 2 nitrogen and oxygen atoms in total. The SMILES string of the molecule is Clc1ccnnc1Cl. The van der Waals surface area contributed by atoms with Gasteiger partial charge in [-0.15, -0.1) is 5.10 Å². The number of hydrogen-bond donors (Lipinski definition) is 0. The quantitative estimate of drug-likeness (QED) is 0.561. The van der Waals surface area contributed by atoms with Crippen LogP contribution in [0.5, 0.6) is 0 Å². The van der Waals surface area contributed by atoms with Crippen molar-refractivity contribution < 1.29 is 0 Å². The molecule has 0 unspecified atom stereocenters. The summed E-state index contributed by atoms with van der Waals surface area (Å²) in [4.78, 5) is 0. The average Bonchev–Trinajstić information content (AvgIpc) is 1.77. The van der Waals surface area contributed by atoms with Gasteiger partial charge in [-0.1, -0.05) is 23.2 Å². The van der Waals surface area contributed by atoms with Crippen molar-refractivity contribution in [3.63, 3.8) is 0 Å². The van der Waals surface area contributed by atoms with E-state index < -0.39 is 0 Å². The van der Waals surface area contributed by atoms with E-state index in [4.69, 9.17) is 23.2 Å². The first-order chi connectivity index (χ1) is 3.80. The molecule has 1 aromatic heterocycles. The first kappa shape index (κ1) is 5.79. The smallest absolute Gasteiger partial charge is 0.158 e. The van der Waals surface area contributed by atoms with Crippen molar-refractivity contribution >= 4 is 23.2 Å². The molecule has 0 fully saturated rings. The summed E-state index contributed by atoms with van der Waals surface area (Å²) in [7, 11) is 0. The summed E-state index contributed by atoms with van der Waals surface area (Å²) in [5.41, 5.74) is 0. The van der Waals surface area contributed by atoms with Crippen LogP contribution in [0.2, 0.25) is 10.2 Å². The Kier molecular flexibility index (Phi) is 1.65. The zero-order chi connectivity index (χ0) is 5.98. The Morgan fingerprint density at radius 1 is 1.38 bits per heavy atom. The van der Waals surface area contributed by atoms with Crippen molar-refractivity contribution in [1.29, 1.82) is 0 Å². The van der Waals surface area contributed by atoms with Gasteiger partial charge in [0.15, 0.2) is 5.15 Å². The minimum absolute atomic E-state index is 0.245. The molecule has 0 spiro atoms. The third kappa shape index (κ3) is 1.08. The lowest BCUT2D eigenvalue weighted by Gasteiger charge is -1.86. The predicted octanol–water partition coefficient (Wildman–Crippen LogP) is 1.78. The van der Waals surface area contributed by atoms with E-state index in [0.29, 0.717) is 5.02 Å². The standard InChI is InChI=1S/C4H2Cl2N2/c5-3-1-2-7-8-4(3)6/h1-2H. The van der Waals surface area contributed by atoms with Gasteiger partial charge < -0.3 is 0 Å². The zero-order valence-electron chi connectivity index (χ0n) is 3.81. The molecule has 4 heteroatoms. The Labute approximate surface area is 56.4 Å². The molecule has 0 amide bonds. The monoisotopic (exact) mass is 148 g/mol. The maximum absolute atomic E-state index is 5.47. The number of aromatic nitrogens is 2. The van der Waals surface area contributed by atoms with E-state index in [1.54, 1.807) is 6.07 Å². The molecule has 0 atom stereocenters. The molecule has 42 valence electrons. The maximum atomic E-state index is 5.47. The maximum Gasteiger partial charge on any atom is 0.170 e. The molecule has 0 radical (unpaired) electrons. The third-order valence-electron chi connectivity index (χ3n) is 0.630. The van der Waals surface area contributed by atoms with Gasteiger partial charge in [-0.3, -0.25) is 0 Å². The molecule has 0 aliphatic carbocycles. The Hall–Kier alpha value is -0.340. The van der Waals surface area contributed by atoms with Crippen LogP contribution < -0.4 is 0 Å². The average molecular weight is 149 g/mol. The number of nitrogens with zero attached hydrogens (tertiary/aromatic N) is 2. The van der Waals surface area contributed by atoms with Crippen molar-refractivity contribution in [2.24, 2.45) is 0 Å². The van der Waals surface area contributed by atoms with Crippen LogP contribution in [0.4, 0.5) is 0 Å². The fourth-order valence-electron chi connectivity index (χ4n) is 0.299. The normalized spacial score (nSPS) is 9.25. The van der Waals surface area contributed by atoms with Crippen LogP contribution in [0.1, 0.15) is 0 Å². The Morgan fingerprint density at radius 2 is 2.12 bits per heavy atom. The fraction of sp³-hybridized carbons (Fsp3) is 0. The lowest BCUT2D eigenvalue weighted by Crippen LogP contribution is -1.78. The Bertz CT molecular complexity index is 168. The minimum Gasteiger partial charge on any atom is -0.158 e. The van der Waals surface area contributed by atoms with E-state index >= 15 is 0 Å². The molecule has 1 aromatic rings. The van der Waals surface area contributed by atoms with E-state index in [1.807, 2.05) is 0 Å². The van der Waals surface area contributed by atoms with Crippen molar-refractivity contribution in [2.75, 3.05) is 0 Å². The zero-order valence-corrected chi connectivity index (χ0v) is 5.32. The van der Waals surface area contributed by atoms with Crippen LogP contribution in [-0.2, 0) is 0 Å². The van der Waals surface area contributed by atoms with E-state index in [1.165, 1.54) is 6.20 Å². The summed E-state index contributed by atoms with van der Waals surface area (Å²) >= 11 is 10.9. The van der Waals surface area contributed by atoms with E-state index in [0.717, 1.165) is 0 Å². The molecule has 1 rings (SSSR count). The van der Waals surface area contributed by atoms with Crippen LogP contribution in [0.3, 0.4) is 0 Å². The number of rotatable bonds is 0. The topological polar surface area (TPSA) is 25.8 Å². The van der Waals surface area contributed by atoms with Crippen molar-refractivity contribution in [3.8, 4) is 0 Å². The first-order valence-corrected chi connectivity index (χ1v) is 2.69. The molecule has 8 heavy (non-hydrogen) atoms. The van der Waals surface area contributed by atoms with Crippen LogP contribution >= 0.6 is 23.2 Å². The second kappa shape index (κ2) is 2.29. The van der Waals surface area contributed by atoms with E-state index in [2.05, 4.69) is 10.2 Å². The van der Waals surface area contributed by atoms with Gasteiger partial charge in [0.25, 0.3) is 0 Å². The molecular weight excluding hydrogens is 147 g/mol. The van der Waals surface area contributed by atoms with Gasteiger partial charge in [0.2, 0.25) is 0 Å². The summed E-state index contributed by atoms with van der Waals surface area (Å²) in [6, 6.07) is 1.58. The summed E-state index contributed by atoms with van der Waals surface area (Å²) in [5.74, 6) is 0. The van der Waals surface area contributed by atoms with Gasteiger partial charge in [0, 0.05) is 0 Å². The molecular formula is C4H2Cl2N2. The van der Waals surface area contributed by atoms with Crippen LogP contribution in [0.15, 0.2) is 12.3 Å². The molecule has 1 heterocycles. The minimum atomic E-state index is 0.245. The molecule has 0 saturated heterocycles. The lowest BCUT2D eigenvalue weighted by molar-refractivity contribution is 1.03. The largest absolute Gasteiger partial charge is 0.170 e. The van der Waals surface area contributed by atoms with Crippen LogP contribution in [-0.4, -0.2) is 10.2 Å². The third-order valence-corrected chi connectivity index (χ3v) is 1.31. The van der Waals surface area contributed by atoms with Gasteiger partial charge >= 0.3 is 0 Å². The number of halogens is 2. The van der Waals surface area contributed by atoms with Crippen molar-refractivity contribution in [3.05, 3.63) is 22.4 Å². The molecule has 0 saturated carbocycles. The fourth-order valence-corrected chi connectivity index (χ4v) is 0.500. The lowest BCUT2D eigenvalue weighted by atomic mass is 10.6. The molecule has 0 aliphatic rings. The summed E-state index contributed by atoms with van der Waals surface area (Å²) in [6.07, 6.45) is 1.48. The van der Waals surface area contributed by atoms with Crippen LogP contribution in [0, 0.1) is 0 Å². The highest BCUT2D eigenvalue weighted by Gasteiger charge is 1.92.